The number of ketones is 1. The molecule has 2 unspecified atom stereocenters. The van der Waals surface area contributed by atoms with Crippen LogP contribution < -0.4 is 10.6 Å². The van der Waals surface area contributed by atoms with Crippen LogP contribution in [0.4, 0.5) is 0 Å². The highest BCUT2D eigenvalue weighted by molar-refractivity contribution is 6.37. The SMILES string of the molecule is CCC(C)C(=O)C(=O)NC(C)C(=O)NCc1ccccc1. The first-order valence-electron chi connectivity index (χ1n) is 7.12. The van der Waals surface area contributed by atoms with Gasteiger partial charge in [-0.25, -0.2) is 0 Å². The summed E-state index contributed by atoms with van der Waals surface area (Å²) in [5, 5.41) is 5.15. The van der Waals surface area contributed by atoms with Gasteiger partial charge in [0, 0.05) is 12.5 Å². The molecule has 0 aliphatic heterocycles. The molecule has 2 amide bonds. The lowest BCUT2D eigenvalue weighted by molar-refractivity contribution is -0.141. The average Bonchev–Trinajstić information content (AvgIpc) is 2.51. The first kappa shape index (κ1) is 16.9. The van der Waals surface area contributed by atoms with Crippen molar-refractivity contribution in [2.75, 3.05) is 0 Å². The molecule has 0 saturated carbocycles. The van der Waals surface area contributed by atoms with E-state index in [9.17, 15) is 14.4 Å². The quantitative estimate of drug-likeness (QED) is 0.746. The van der Waals surface area contributed by atoms with Gasteiger partial charge in [-0.3, -0.25) is 14.4 Å². The van der Waals surface area contributed by atoms with Gasteiger partial charge in [-0.1, -0.05) is 44.2 Å². The lowest BCUT2D eigenvalue weighted by Crippen LogP contribution is -2.47. The lowest BCUT2D eigenvalue weighted by Gasteiger charge is -2.15. The second-order valence-electron chi connectivity index (χ2n) is 5.07. The number of hydrogen-bond acceptors (Lipinski definition) is 3. The van der Waals surface area contributed by atoms with Crippen LogP contribution in [0.5, 0.6) is 0 Å². The van der Waals surface area contributed by atoms with Crippen LogP contribution in [0.2, 0.25) is 0 Å². The molecule has 0 aliphatic rings. The molecule has 1 rings (SSSR count). The van der Waals surface area contributed by atoms with Gasteiger partial charge < -0.3 is 10.6 Å². The van der Waals surface area contributed by atoms with Crippen molar-refractivity contribution in [2.45, 2.75) is 39.8 Å². The van der Waals surface area contributed by atoms with Crippen molar-refractivity contribution in [1.82, 2.24) is 10.6 Å². The van der Waals surface area contributed by atoms with Crippen molar-refractivity contribution in [3.05, 3.63) is 35.9 Å². The zero-order valence-electron chi connectivity index (χ0n) is 12.7. The number of carbonyl (C=O) groups is 3. The molecular weight excluding hydrogens is 268 g/mol. The highest BCUT2D eigenvalue weighted by Gasteiger charge is 2.23. The maximum Gasteiger partial charge on any atom is 0.288 e. The van der Waals surface area contributed by atoms with Gasteiger partial charge in [0.2, 0.25) is 11.7 Å². The number of amides is 2. The molecular formula is C16H22N2O3. The number of hydrogen-bond donors (Lipinski definition) is 2. The number of benzene rings is 1. The predicted octanol–water partition coefficient (Wildman–Crippen LogP) is 1.42. The van der Waals surface area contributed by atoms with Crippen LogP contribution in [-0.2, 0) is 20.9 Å². The Morgan fingerprint density at radius 2 is 1.71 bits per heavy atom. The molecule has 1 aromatic carbocycles. The zero-order chi connectivity index (χ0) is 15.8. The number of Topliss-reactive ketones (excluding diaryl/α,β-unsaturated/α-hetero) is 1. The van der Waals surface area contributed by atoms with Gasteiger partial charge in [0.25, 0.3) is 5.91 Å². The second-order valence-corrected chi connectivity index (χ2v) is 5.07. The van der Waals surface area contributed by atoms with Crippen molar-refractivity contribution in [3.8, 4) is 0 Å². The van der Waals surface area contributed by atoms with E-state index in [1.165, 1.54) is 0 Å². The average molecular weight is 290 g/mol. The van der Waals surface area contributed by atoms with Crippen molar-refractivity contribution < 1.29 is 14.4 Å². The summed E-state index contributed by atoms with van der Waals surface area (Å²) < 4.78 is 0. The molecule has 0 bridgehead atoms. The van der Waals surface area contributed by atoms with Crippen molar-refractivity contribution in [1.29, 1.82) is 0 Å². The molecule has 21 heavy (non-hydrogen) atoms. The Kier molecular flexibility index (Phi) is 6.59. The monoisotopic (exact) mass is 290 g/mol. The van der Waals surface area contributed by atoms with Crippen LogP contribution in [-0.4, -0.2) is 23.6 Å². The fourth-order valence-corrected chi connectivity index (χ4v) is 1.68. The molecule has 0 heterocycles. The Hall–Kier alpha value is -2.17. The van der Waals surface area contributed by atoms with Gasteiger partial charge in [0.1, 0.15) is 6.04 Å². The smallest absolute Gasteiger partial charge is 0.288 e. The van der Waals surface area contributed by atoms with Crippen LogP contribution in [0.3, 0.4) is 0 Å². The van der Waals surface area contributed by atoms with E-state index in [2.05, 4.69) is 10.6 Å². The van der Waals surface area contributed by atoms with Crippen LogP contribution in [0.25, 0.3) is 0 Å². The molecule has 0 radical (unpaired) electrons. The maximum absolute atomic E-state index is 11.9. The summed E-state index contributed by atoms with van der Waals surface area (Å²) in [4.78, 5) is 35.2. The van der Waals surface area contributed by atoms with Gasteiger partial charge in [-0.2, -0.15) is 0 Å². The van der Waals surface area contributed by atoms with Gasteiger partial charge in [-0.05, 0) is 18.9 Å². The van der Waals surface area contributed by atoms with Gasteiger partial charge in [-0.15, -0.1) is 0 Å². The summed E-state index contributed by atoms with van der Waals surface area (Å²) in [6.45, 7) is 5.48. The number of carbonyl (C=O) groups excluding carboxylic acids is 3. The molecule has 0 aromatic heterocycles. The van der Waals surface area contributed by atoms with Gasteiger partial charge in [0.15, 0.2) is 0 Å². The Labute approximate surface area is 125 Å². The van der Waals surface area contributed by atoms with E-state index in [4.69, 9.17) is 0 Å². The topological polar surface area (TPSA) is 75.3 Å². The van der Waals surface area contributed by atoms with Crippen molar-refractivity contribution >= 4 is 17.6 Å². The molecule has 5 nitrogen and oxygen atoms in total. The summed E-state index contributed by atoms with van der Waals surface area (Å²) in [6.07, 6.45) is 0.598. The third-order valence-corrected chi connectivity index (χ3v) is 3.33. The van der Waals surface area contributed by atoms with E-state index in [0.717, 1.165) is 5.56 Å². The van der Waals surface area contributed by atoms with Crippen molar-refractivity contribution in [3.63, 3.8) is 0 Å². The van der Waals surface area contributed by atoms with Crippen LogP contribution >= 0.6 is 0 Å². The minimum Gasteiger partial charge on any atom is -0.350 e. The minimum atomic E-state index is -0.741. The zero-order valence-corrected chi connectivity index (χ0v) is 12.7. The van der Waals surface area contributed by atoms with Gasteiger partial charge in [0.05, 0.1) is 0 Å². The number of rotatable bonds is 7. The Morgan fingerprint density at radius 3 is 2.29 bits per heavy atom. The normalized spacial score (nSPS) is 13.1. The van der Waals surface area contributed by atoms with Crippen LogP contribution in [0.1, 0.15) is 32.8 Å². The highest BCUT2D eigenvalue weighted by atomic mass is 16.2. The molecule has 0 spiro atoms. The molecule has 0 fully saturated rings. The van der Waals surface area contributed by atoms with Crippen molar-refractivity contribution in [2.24, 2.45) is 5.92 Å². The maximum atomic E-state index is 11.9. The molecule has 2 atom stereocenters. The van der Waals surface area contributed by atoms with Gasteiger partial charge >= 0.3 is 0 Å². The Morgan fingerprint density at radius 1 is 1.10 bits per heavy atom. The first-order chi connectivity index (χ1) is 9.95. The fourth-order valence-electron chi connectivity index (χ4n) is 1.68. The second kappa shape index (κ2) is 8.19. The summed E-state index contributed by atoms with van der Waals surface area (Å²) in [7, 11) is 0. The lowest BCUT2D eigenvalue weighted by atomic mass is 10.0. The van der Waals surface area contributed by atoms with E-state index >= 15 is 0 Å². The molecule has 0 saturated heterocycles. The van der Waals surface area contributed by atoms with E-state index in [1.807, 2.05) is 37.3 Å². The van der Waals surface area contributed by atoms with E-state index < -0.39 is 17.7 Å². The molecule has 114 valence electrons. The van der Waals surface area contributed by atoms with E-state index in [-0.39, 0.29) is 11.8 Å². The highest BCUT2D eigenvalue weighted by Crippen LogP contribution is 2.02. The first-order valence-corrected chi connectivity index (χ1v) is 7.12. The third kappa shape index (κ3) is 5.38. The van der Waals surface area contributed by atoms with E-state index in [0.29, 0.717) is 13.0 Å². The predicted molar refractivity (Wildman–Crippen MR) is 80.4 cm³/mol. The molecule has 2 N–H and O–H groups in total. The Bertz CT molecular complexity index is 500. The fraction of sp³-hybridized carbons (Fsp3) is 0.438. The summed E-state index contributed by atoms with van der Waals surface area (Å²) in [6, 6.07) is 8.73. The standard InChI is InChI=1S/C16H22N2O3/c1-4-11(2)14(19)16(21)18-12(3)15(20)17-10-13-8-6-5-7-9-13/h5-9,11-12H,4,10H2,1-3H3,(H,17,20)(H,18,21). The summed E-state index contributed by atoms with van der Waals surface area (Å²) in [5.74, 6) is -1.83. The molecule has 0 aliphatic carbocycles. The Balaban J connectivity index is 2.44. The largest absolute Gasteiger partial charge is 0.350 e. The number of nitrogens with one attached hydrogen (secondary N) is 2. The summed E-state index contributed by atoms with van der Waals surface area (Å²) >= 11 is 0. The van der Waals surface area contributed by atoms with E-state index in [1.54, 1.807) is 13.8 Å². The third-order valence-electron chi connectivity index (χ3n) is 3.33. The van der Waals surface area contributed by atoms with Crippen LogP contribution in [0, 0.1) is 5.92 Å². The minimum absolute atomic E-state index is 0.316. The molecule has 1 aromatic rings. The molecule has 5 heteroatoms. The summed E-state index contributed by atoms with van der Waals surface area (Å²) in [5.41, 5.74) is 0.972. The van der Waals surface area contributed by atoms with Crippen LogP contribution in [0.15, 0.2) is 30.3 Å².